The van der Waals surface area contributed by atoms with Crippen LogP contribution in [0.1, 0.15) is 26.3 Å². The fourth-order valence-electron chi connectivity index (χ4n) is 2.02. The van der Waals surface area contributed by atoms with Crippen LogP contribution in [-0.4, -0.2) is 35.7 Å². The van der Waals surface area contributed by atoms with Gasteiger partial charge in [-0.2, -0.15) is 0 Å². The third-order valence-corrected chi connectivity index (χ3v) is 4.03. The first-order valence-corrected chi connectivity index (χ1v) is 7.99. The van der Waals surface area contributed by atoms with Gasteiger partial charge in [0.2, 0.25) is 0 Å². The van der Waals surface area contributed by atoms with Crippen LogP contribution in [0.5, 0.6) is 5.75 Å². The summed E-state index contributed by atoms with van der Waals surface area (Å²) in [6.07, 6.45) is 1.91. The first-order chi connectivity index (χ1) is 10.2. The van der Waals surface area contributed by atoms with Gasteiger partial charge in [0.1, 0.15) is 5.75 Å². The fourth-order valence-corrected chi connectivity index (χ4v) is 3.12. The van der Waals surface area contributed by atoms with Crippen LogP contribution in [0.3, 0.4) is 0 Å². The molecule has 0 aromatic heterocycles. The molecule has 0 spiro atoms. The molecule has 1 aromatic rings. The maximum Gasteiger partial charge on any atom is 0.266 e. The van der Waals surface area contributed by atoms with E-state index in [0.29, 0.717) is 24.6 Å². The van der Waals surface area contributed by atoms with Crippen LogP contribution >= 0.6 is 11.8 Å². The number of amidine groups is 1. The lowest BCUT2D eigenvalue weighted by molar-refractivity contribution is -0.122. The van der Waals surface area contributed by atoms with Gasteiger partial charge in [0, 0.05) is 13.1 Å². The zero-order chi connectivity index (χ0) is 15.2. The number of benzene rings is 1. The lowest BCUT2D eigenvalue weighted by Gasteiger charge is -2.11. The van der Waals surface area contributed by atoms with Gasteiger partial charge < -0.3 is 4.74 Å². The van der Waals surface area contributed by atoms with Crippen LogP contribution in [0, 0.1) is 0 Å². The van der Waals surface area contributed by atoms with E-state index >= 15 is 0 Å². The molecule has 1 aromatic carbocycles. The van der Waals surface area contributed by atoms with Gasteiger partial charge in [0.05, 0.1) is 11.5 Å². The molecule has 5 heteroatoms. The second kappa shape index (κ2) is 7.31. The van der Waals surface area contributed by atoms with Crippen molar-refractivity contribution in [2.24, 2.45) is 4.99 Å². The first-order valence-electron chi connectivity index (χ1n) is 7.18. The molecule has 0 saturated carbocycles. The summed E-state index contributed by atoms with van der Waals surface area (Å²) in [5.41, 5.74) is 0.989. The molecule has 0 atom stereocenters. The zero-order valence-corrected chi connectivity index (χ0v) is 13.4. The van der Waals surface area contributed by atoms with E-state index in [9.17, 15) is 4.79 Å². The van der Waals surface area contributed by atoms with Crippen molar-refractivity contribution in [2.45, 2.75) is 20.8 Å². The average molecular weight is 304 g/mol. The highest BCUT2D eigenvalue weighted by Crippen LogP contribution is 2.32. The monoisotopic (exact) mass is 304 g/mol. The minimum Gasteiger partial charge on any atom is -0.494 e. The van der Waals surface area contributed by atoms with Gasteiger partial charge >= 0.3 is 0 Å². The van der Waals surface area contributed by atoms with Gasteiger partial charge in [0.25, 0.3) is 5.91 Å². The maximum atomic E-state index is 12.3. The van der Waals surface area contributed by atoms with E-state index < -0.39 is 0 Å². The lowest BCUT2D eigenvalue weighted by Crippen LogP contribution is -2.28. The van der Waals surface area contributed by atoms with Crippen molar-refractivity contribution in [3.63, 3.8) is 0 Å². The second-order valence-corrected chi connectivity index (χ2v) is 5.43. The number of amides is 1. The van der Waals surface area contributed by atoms with Crippen LogP contribution in [0.4, 0.5) is 0 Å². The Kier molecular flexibility index (Phi) is 5.44. The van der Waals surface area contributed by atoms with Crippen molar-refractivity contribution in [2.75, 3.05) is 19.7 Å². The van der Waals surface area contributed by atoms with Crippen molar-refractivity contribution >= 4 is 28.9 Å². The largest absolute Gasteiger partial charge is 0.494 e. The minimum atomic E-state index is 0.0311. The quantitative estimate of drug-likeness (QED) is 0.783. The number of hydrogen-bond donors (Lipinski definition) is 0. The SMILES string of the molecule is CCN=C1SC(=Cc2ccc(OCC)cc2)C(=O)N1CC. The van der Waals surface area contributed by atoms with E-state index in [1.807, 2.05) is 51.1 Å². The normalized spacial score (nSPS) is 18.8. The number of ether oxygens (including phenoxy) is 1. The van der Waals surface area contributed by atoms with Gasteiger partial charge in [-0.25, -0.2) is 0 Å². The third-order valence-electron chi connectivity index (χ3n) is 2.99. The number of rotatable bonds is 5. The molecule has 2 rings (SSSR count). The Morgan fingerprint density at radius 3 is 2.52 bits per heavy atom. The second-order valence-electron chi connectivity index (χ2n) is 4.42. The predicted octanol–water partition coefficient (Wildman–Crippen LogP) is 3.40. The number of hydrogen-bond acceptors (Lipinski definition) is 4. The fraction of sp³-hybridized carbons (Fsp3) is 0.375. The topological polar surface area (TPSA) is 41.9 Å². The number of nitrogens with zero attached hydrogens (tertiary/aromatic N) is 2. The number of aliphatic imine (C=N–C) groups is 1. The molecule has 1 aliphatic rings. The lowest BCUT2D eigenvalue weighted by atomic mass is 10.2. The molecule has 1 heterocycles. The summed E-state index contributed by atoms with van der Waals surface area (Å²) in [7, 11) is 0. The molecular formula is C16H20N2O2S. The van der Waals surface area contributed by atoms with Crippen molar-refractivity contribution in [1.29, 1.82) is 0 Å². The third kappa shape index (κ3) is 3.67. The average Bonchev–Trinajstić information content (AvgIpc) is 2.77. The van der Waals surface area contributed by atoms with Gasteiger partial charge in [0.15, 0.2) is 5.17 Å². The van der Waals surface area contributed by atoms with Gasteiger partial charge in [-0.1, -0.05) is 12.1 Å². The summed E-state index contributed by atoms with van der Waals surface area (Å²) in [5, 5.41) is 0.794. The first kappa shape index (κ1) is 15.6. The Morgan fingerprint density at radius 1 is 1.24 bits per heavy atom. The van der Waals surface area contributed by atoms with Crippen LogP contribution in [0.25, 0.3) is 6.08 Å². The van der Waals surface area contributed by atoms with Crippen molar-refractivity contribution in [1.82, 2.24) is 4.90 Å². The predicted molar refractivity (Wildman–Crippen MR) is 88.5 cm³/mol. The standard InChI is InChI=1S/C16H20N2O2S/c1-4-17-16-18(5-2)15(19)14(21-16)11-12-7-9-13(10-8-12)20-6-3/h7-11H,4-6H2,1-3H3. The van der Waals surface area contributed by atoms with Crippen LogP contribution < -0.4 is 4.74 Å². The molecule has 0 radical (unpaired) electrons. The van der Waals surface area contributed by atoms with Gasteiger partial charge in [-0.05, 0) is 56.3 Å². The van der Waals surface area contributed by atoms with E-state index in [0.717, 1.165) is 16.5 Å². The molecule has 1 aliphatic heterocycles. The highest BCUT2D eigenvalue weighted by Gasteiger charge is 2.31. The Balaban J connectivity index is 2.21. The smallest absolute Gasteiger partial charge is 0.266 e. The molecule has 21 heavy (non-hydrogen) atoms. The Hall–Kier alpha value is -1.75. The molecule has 4 nitrogen and oxygen atoms in total. The molecule has 1 saturated heterocycles. The van der Waals surface area contributed by atoms with E-state index in [1.165, 1.54) is 11.8 Å². The number of carbonyl (C=O) groups excluding carboxylic acids is 1. The molecule has 1 fully saturated rings. The molecule has 1 amide bonds. The van der Waals surface area contributed by atoms with E-state index in [2.05, 4.69) is 4.99 Å². The molecule has 0 unspecified atom stereocenters. The highest BCUT2D eigenvalue weighted by atomic mass is 32.2. The summed E-state index contributed by atoms with van der Waals surface area (Å²) in [6, 6.07) is 7.74. The summed E-state index contributed by atoms with van der Waals surface area (Å²) in [6.45, 7) is 7.87. The van der Waals surface area contributed by atoms with E-state index in [1.54, 1.807) is 4.90 Å². The molecule has 0 aliphatic carbocycles. The van der Waals surface area contributed by atoms with E-state index in [-0.39, 0.29) is 5.91 Å². The van der Waals surface area contributed by atoms with Gasteiger partial charge in [-0.15, -0.1) is 0 Å². The summed E-state index contributed by atoms with van der Waals surface area (Å²) >= 11 is 1.44. The number of thioether (sulfide) groups is 1. The van der Waals surface area contributed by atoms with E-state index in [4.69, 9.17) is 4.74 Å². The molecular weight excluding hydrogens is 284 g/mol. The van der Waals surface area contributed by atoms with Crippen molar-refractivity contribution < 1.29 is 9.53 Å². The number of carbonyl (C=O) groups is 1. The molecule has 0 bridgehead atoms. The molecule has 0 N–H and O–H groups in total. The summed E-state index contributed by atoms with van der Waals surface area (Å²) in [5.74, 6) is 0.872. The summed E-state index contributed by atoms with van der Waals surface area (Å²) < 4.78 is 5.42. The van der Waals surface area contributed by atoms with Crippen molar-refractivity contribution in [3.05, 3.63) is 34.7 Å². The Labute approximate surface area is 129 Å². The minimum absolute atomic E-state index is 0.0311. The van der Waals surface area contributed by atoms with Crippen LogP contribution in [0.15, 0.2) is 34.2 Å². The Bertz CT molecular complexity index is 564. The van der Waals surface area contributed by atoms with Crippen LogP contribution in [0.2, 0.25) is 0 Å². The maximum absolute atomic E-state index is 12.3. The summed E-state index contributed by atoms with van der Waals surface area (Å²) in [4.78, 5) is 19.1. The molecule has 112 valence electrons. The van der Waals surface area contributed by atoms with Gasteiger partial charge in [-0.3, -0.25) is 14.7 Å². The Morgan fingerprint density at radius 2 is 1.95 bits per heavy atom. The highest BCUT2D eigenvalue weighted by molar-refractivity contribution is 8.18. The zero-order valence-electron chi connectivity index (χ0n) is 12.6. The van der Waals surface area contributed by atoms with Crippen LogP contribution in [-0.2, 0) is 4.79 Å². The van der Waals surface area contributed by atoms with Crippen molar-refractivity contribution in [3.8, 4) is 5.75 Å². The number of likely N-dealkylation sites (N-methyl/N-ethyl adjacent to an activating group) is 1.